The maximum Gasteiger partial charge on any atom is 0.129 e. The van der Waals surface area contributed by atoms with E-state index in [2.05, 4.69) is 123 Å². The Hall–Kier alpha value is -0.774. The van der Waals surface area contributed by atoms with E-state index in [0.717, 1.165) is 5.19 Å². The van der Waals surface area contributed by atoms with Crippen molar-refractivity contribution in [2.75, 3.05) is 0 Å². The van der Waals surface area contributed by atoms with Gasteiger partial charge in [-0.25, -0.2) is 36.4 Å². The molecule has 4 unspecified atom stereocenters. The van der Waals surface area contributed by atoms with Crippen molar-refractivity contribution in [1.82, 2.24) is 0 Å². The third kappa shape index (κ3) is 8.87. The van der Waals surface area contributed by atoms with E-state index in [4.69, 9.17) is 8.23 Å². The number of hydrogen-bond donors (Lipinski definition) is 0. The van der Waals surface area contributed by atoms with Crippen LogP contribution in [-0.2, 0) is 42.4 Å². The summed E-state index contributed by atoms with van der Waals surface area (Å²) in [6, 6.07) is 37.1. The van der Waals surface area contributed by atoms with Crippen molar-refractivity contribution in [3.05, 3.63) is 97.1 Å². The van der Waals surface area contributed by atoms with Crippen molar-refractivity contribution < 1.29 is 42.4 Å². The second-order valence-corrected chi connectivity index (χ2v) is 17.3. The molecule has 0 saturated heterocycles. The molecule has 0 aliphatic rings. The van der Waals surface area contributed by atoms with Gasteiger partial charge in [-0.15, -0.1) is 15.6 Å². The Morgan fingerprint density at radius 3 is 1.09 bits per heavy atom. The van der Waals surface area contributed by atoms with Crippen LogP contribution >= 0.6 is 0 Å². The number of hydrogen-bond acceptors (Lipinski definition) is 2. The van der Waals surface area contributed by atoms with Crippen LogP contribution in [0, 0.1) is 24.3 Å². The first kappa shape index (κ1) is 29.3. The van der Waals surface area contributed by atoms with E-state index in [1.807, 2.05) is 0 Å². The molecule has 0 radical (unpaired) electrons. The van der Waals surface area contributed by atoms with Crippen LogP contribution in [0.2, 0.25) is 26.2 Å². The maximum absolute atomic E-state index is 6.22. The molecule has 0 bridgehead atoms. The first-order valence-electron chi connectivity index (χ1n) is 10.4. The van der Waals surface area contributed by atoms with Crippen molar-refractivity contribution in [3.63, 3.8) is 0 Å². The van der Waals surface area contributed by atoms with Crippen molar-refractivity contribution in [2.24, 2.45) is 0 Å². The summed E-state index contributed by atoms with van der Waals surface area (Å²) in [5.41, 5.74) is 0. The summed E-state index contributed by atoms with van der Waals surface area (Å²) in [4.78, 5) is 0. The molecule has 0 saturated carbocycles. The Morgan fingerprint density at radius 2 is 0.781 bits per heavy atom. The van der Waals surface area contributed by atoms with Crippen LogP contribution in [-0.4, -0.2) is 36.2 Å². The zero-order valence-corrected chi connectivity index (χ0v) is 25.6. The molecule has 4 atom stereocenters. The summed E-state index contributed by atoms with van der Waals surface area (Å²) in [5.74, 6) is 0. The summed E-state index contributed by atoms with van der Waals surface area (Å²) in [6.07, 6.45) is 0. The van der Waals surface area contributed by atoms with Crippen LogP contribution in [0.1, 0.15) is 0 Å². The maximum atomic E-state index is 6.22. The van der Waals surface area contributed by atoms with Gasteiger partial charge in [0.25, 0.3) is 0 Å². The fourth-order valence-electron chi connectivity index (χ4n) is 3.33. The molecular formula is C24H28Fe2O2Si4-8. The van der Waals surface area contributed by atoms with Crippen LogP contribution in [0.4, 0.5) is 0 Å². The van der Waals surface area contributed by atoms with Gasteiger partial charge in [0.2, 0.25) is 0 Å². The van der Waals surface area contributed by atoms with E-state index in [-0.39, 0.29) is 34.1 Å². The molecule has 4 rings (SSSR count). The second kappa shape index (κ2) is 15.2. The molecule has 0 spiro atoms. The molecule has 32 heavy (non-hydrogen) atoms. The van der Waals surface area contributed by atoms with Crippen LogP contribution in [0.25, 0.3) is 0 Å². The topological polar surface area (TPSA) is 18.5 Å². The van der Waals surface area contributed by atoms with E-state index < -0.39 is 36.2 Å². The van der Waals surface area contributed by atoms with E-state index >= 15 is 0 Å². The first-order chi connectivity index (χ1) is 14.5. The average Bonchev–Trinajstić information content (AvgIpc) is 3.55. The van der Waals surface area contributed by atoms with Gasteiger partial charge < -0.3 is 37.7 Å². The molecule has 2 nitrogen and oxygen atoms in total. The van der Waals surface area contributed by atoms with E-state index in [0.29, 0.717) is 0 Å². The van der Waals surface area contributed by atoms with Crippen molar-refractivity contribution in [3.8, 4) is 0 Å². The minimum Gasteiger partial charge on any atom is -0.999 e. The SMILES string of the molecule is C[SiH](O[SiH](C)[c-]1cccc1)[c-]1[c-][c-][c-][c-]1.C[SiH](O[SiH](C)[c-]1cccc1)[c-]1cccc1.[Fe].[Fe]. The minimum absolute atomic E-state index is 0. The largest absolute Gasteiger partial charge is 0.999 e. The average molecular weight is 573 g/mol. The third-order valence-corrected chi connectivity index (χ3v) is 16.8. The molecule has 0 heterocycles. The molecule has 0 aliphatic heterocycles. The summed E-state index contributed by atoms with van der Waals surface area (Å²) in [6.45, 7) is 8.91. The Balaban J connectivity index is 0.000000301. The Morgan fingerprint density at radius 1 is 0.500 bits per heavy atom. The van der Waals surface area contributed by atoms with E-state index in [9.17, 15) is 0 Å². The van der Waals surface area contributed by atoms with Gasteiger partial charge in [0.1, 0.15) is 27.1 Å². The molecular weight excluding hydrogens is 544 g/mol. The Bertz CT molecular complexity index is 768. The first-order valence-corrected chi connectivity index (χ1v) is 19.2. The monoisotopic (exact) mass is 572 g/mol. The van der Waals surface area contributed by atoms with Gasteiger partial charge in [0.15, 0.2) is 0 Å². The van der Waals surface area contributed by atoms with E-state index in [1.165, 1.54) is 15.6 Å². The van der Waals surface area contributed by atoms with Gasteiger partial charge in [-0.3, -0.25) is 0 Å². The molecule has 8 heteroatoms. The molecule has 0 amide bonds. The smallest absolute Gasteiger partial charge is 0.129 e. The molecule has 4 aromatic rings. The molecule has 0 aliphatic carbocycles. The summed E-state index contributed by atoms with van der Waals surface area (Å²) < 4.78 is 12.3. The fraction of sp³-hybridized carbons (Fsp3) is 0.167. The summed E-state index contributed by atoms with van der Waals surface area (Å²) >= 11 is 0. The normalized spacial score (nSPS) is 14.1. The quantitative estimate of drug-likeness (QED) is 0.233. The van der Waals surface area contributed by atoms with Crippen LogP contribution < -0.4 is 20.7 Å². The minimum atomic E-state index is -1.33. The van der Waals surface area contributed by atoms with Crippen molar-refractivity contribution in [1.29, 1.82) is 0 Å². The molecule has 4 aromatic carbocycles. The summed E-state index contributed by atoms with van der Waals surface area (Å²) in [5, 5.41) is 5.26. The van der Waals surface area contributed by atoms with Gasteiger partial charge in [-0.2, -0.15) is 36.4 Å². The predicted octanol–water partition coefficient (Wildman–Crippen LogP) is 1.12. The third-order valence-electron chi connectivity index (χ3n) is 5.15. The molecule has 0 fully saturated rings. The van der Waals surface area contributed by atoms with E-state index in [1.54, 1.807) is 0 Å². The molecule has 176 valence electrons. The van der Waals surface area contributed by atoms with Gasteiger partial charge in [-0.05, 0) is 9.04 Å². The Labute approximate surface area is 221 Å². The van der Waals surface area contributed by atoms with Crippen LogP contribution in [0.5, 0.6) is 0 Å². The van der Waals surface area contributed by atoms with Gasteiger partial charge in [0.05, 0.1) is 0 Å². The van der Waals surface area contributed by atoms with Crippen LogP contribution in [0.3, 0.4) is 0 Å². The van der Waals surface area contributed by atoms with Gasteiger partial charge in [0, 0.05) is 34.1 Å². The zero-order valence-electron chi connectivity index (χ0n) is 18.8. The summed E-state index contributed by atoms with van der Waals surface area (Å²) in [7, 11) is -4.85. The second-order valence-electron chi connectivity index (χ2n) is 7.41. The van der Waals surface area contributed by atoms with Gasteiger partial charge in [-0.1, -0.05) is 26.2 Å². The number of rotatable bonds is 8. The standard InChI is InChI=1S/C12H16OSi2.C12H12OSi2.2Fe/c2*1-14(11-7-3-4-8-11)13-15(2)12-9-5-6-10-12;;/h3-10,14-15H,1-2H3;3-4,7-8,14-15H,1-2H3;;/q-2;-6;;. The van der Waals surface area contributed by atoms with Crippen molar-refractivity contribution in [2.45, 2.75) is 26.2 Å². The molecule has 0 aromatic heterocycles. The predicted molar refractivity (Wildman–Crippen MR) is 136 cm³/mol. The van der Waals surface area contributed by atoms with Crippen molar-refractivity contribution >= 4 is 56.9 Å². The molecule has 0 N–H and O–H groups in total. The fourth-order valence-corrected chi connectivity index (χ4v) is 13.5. The van der Waals surface area contributed by atoms with Crippen LogP contribution in [0.15, 0.2) is 72.8 Å². The van der Waals surface area contributed by atoms with Gasteiger partial charge >= 0.3 is 0 Å². The Kier molecular flexibility index (Phi) is 13.9. The zero-order chi connectivity index (χ0) is 21.3.